The van der Waals surface area contributed by atoms with Crippen LogP contribution in [0.15, 0.2) is 60.7 Å². The first kappa shape index (κ1) is 18.2. The van der Waals surface area contributed by atoms with Gasteiger partial charge in [-0.1, -0.05) is 80.4 Å². The van der Waals surface area contributed by atoms with Gasteiger partial charge in [-0.25, -0.2) is 0 Å². The Morgan fingerprint density at radius 1 is 1.04 bits per heavy atom. The molecule has 0 unspecified atom stereocenters. The number of hydrogen-bond acceptors (Lipinski definition) is 3. The molecule has 3 heteroatoms. The maximum absolute atomic E-state index is 12.4. The van der Waals surface area contributed by atoms with Crippen LogP contribution in [-0.4, -0.2) is 13.1 Å². The second-order valence-electron chi connectivity index (χ2n) is 6.03. The highest BCUT2D eigenvalue weighted by Gasteiger charge is 2.29. The van der Waals surface area contributed by atoms with Gasteiger partial charge < -0.3 is 10.1 Å². The topological polar surface area (TPSA) is 38.3 Å². The maximum atomic E-state index is 12.4. The molecule has 0 spiro atoms. The quantitative estimate of drug-likeness (QED) is 0.690. The van der Waals surface area contributed by atoms with E-state index in [0.29, 0.717) is 0 Å². The van der Waals surface area contributed by atoms with Crippen molar-refractivity contribution in [3.8, 4) is 0 Å². The monoisotopic (exact) mass is 325 g/mol. The van der Waals surface area contributed by atoms with Gasteiger partial charge in [-0.2, -0.15) is 0 Å². The third kappa shape index (κ3) is 5.20. The molecule has 0 bridgehead atoms. The van der Waals surface area contributed by atoms with Crippen LogP contribution in [0.5, 0.6) is 0 Å². The van der Waals surface area contributed by atoms with Crippen molar-refractivity contribution in [3.05, 3.63) is 71.8 Å². The molecule has 0 radical (unpaired) electrons. The van der Waals surface area contributed by atoms with Crippen LogP contribution in [-0.2, 0) is 16.1 Å². The van der Waals surface area contributed by atoms with E-state index in [1.807, 2.05) is 36.4 Å². The van der Waals surface area contributed by atoms with E-state index in [-0.39, 0.29) is 17.9 Å². The summed E-state index contributed by atoms with van der Waals surface area (Å²) < 4.78 is 5.08. The highest BCUT2D eigenvalue weighted by molar-refractivity contribution is 5.73. The van der Waals surface area contributed by atoms with Crippen molar-refractivity contribution in [1.82, 2.24) is 5.32 Å². The molecule has 2 atom stereocenters. The van der Waals surface area contributed by atoms with Crippen LogP contribution < -0.4 is 5.32 Å². The Labute approximate surface area is 145 Å². The number of carbonyl (C=O) groups is 1. The van der Waals surface area contributed by atoms with Crippen LogP contribution in [0.1, 0.15) is 43.4 Å². The van der Waals surface area contributed by atoms with E-state index >= 15 is 0 Å². The molecule has 0 aliphatic carbocycles. The number of hydrogen-bond donors (Lipinski definition) is 1. The molecule has 0 heterocycles. The average molecular weight is 325 g/mol. The summed E-state index contributed by atoms with van der Waals surface area (Å²) in [6.45, 7) is 2.86. The first-order valence-electron chi connectivity index (χ1n) is 8.66. The van der Waals surface area contributed by atoms with E-state index in [1.54, 1.807) is 0 Å². The van der Waals surface area contributed by atoms with E-state index in [2.05, 4.69) is 36.5 Å². The summed E-state index contributed by atoms with van der Waals surface area (Å²) in [5, 5.41) is 3.58. The Morgan fingerprint density at radius 3 is 2.25 bits per heavy atom. The summed E-state index contributed by atoms with van der Waals surface area (Å²) >= 11 is 0. The Morgan fingerprint density at radius 2 is 1.67 bits per heavy atom. The van der Waals surface area contributed by atoms with Gasteiger partial charge in [-0.3, -0.25) is 4.79 Å². The summed E-state index contributed by atoms with van der Waals surface area (Å²) in [5.74, 6) is -0.320. The number of esters is 1. The molecule has 2 aromatic rings. The highest BCUT2D eigenvalue weighted by Crippen LogP contribution is 2.28. The number of ether oxygens (including phenoxy) is 1. The second kappa shape index (κ2) is 9.89. The van der Waals surface area contributed by atoms with Crippen LogP contribution >= 0.6 is 0 Å². The molecule has 0 aliphatic heterocycles. The first-order chi connectivity index (χ1) is 11.8. The van der Waals surface area contributed by atoms with Crippen LogP contribution in [0.3, 0.4) is 0 Å². The molecule has 0 amide bonds. The fourth-order valence-corrected chi connectivity index (χ4v) is 2.97. The predicted molar refractivity (Wildman–Crippen MR) is 97.5 cm³/mol. The molecular formula is C21H27NO2. The number of methoxy groups -OCH3 is 1. The predicted octanol–water partition coefficient (Wildman–Crippen LogP) is 4.50. The molecule has 2 aromatic carbocycles. The zero-order chi connectivity index (χ0) is 17.2. The average Bonchev–Trinajstić information content (AvgIpc) is 2.65. The zero-order valence-electron chi connectivity index (χ0n) is 14.6. The lowest BCUT2D eigenvalue weighted by Gasteiger charge is -2.27. The normalized spacial score (nSPS) is 13.2. The minimum absolute atomic E-state index is 0.0505. The van der Waals surface area contributed by atoms with Crippen LogP contribution in [0.4, 0.5) is 0 Å². The Hall–Kier alpha value is -2.13. The number of carbonyl (C=O) groups excluding carboxylic acids is 1. The molecule has 128 valence electrons. The van der Waals surface area contributed by atoms with Gasteiger partial charge in [-0.15, -0.1) is 0 Å². The highest BCUT2D eigenvalue weighted by atomic mass is 16.5. The van der Waals surface area contributed by atoms with E-state index in [9.17, 15) is 4.79 Å². The van der Waals surface area contributed by atoms with Gasteiger partial charge in [0, 0.05) is 12.6 Å². The molecule has 2 rings (SSSR count). The third-order valence-electron chi connectivity index (χ3n) is 4.30. The molecule has 0 aromatic heterocycles. The van der Waals surface area contributed by atoms with Crippen molar-refractivity contribution in [1.29, 1.82) is 0 Å². The first-order valence-corrected chi connectivity index (χ1v) is 8.66. The summed E-state index contributed by atoms with van der Waals surface area (Å²) in [5.41, 5.74) is 2.33. The van der Waals surface area contributed by atoms with E-state index < -0.39 is 0 Å². The molecule has 24 heavy (non-hydrogen) atoms. The molecular weight excluding hydrogens is 298 g/mol. The summed E-state index contributed by atoms with van der Waals surface area (Å²) in [6, 6.07) is 20.4. The summed E-state index contributed by atoms with van der Waals surface area (Å²) in [7, 11) is 1.47. The molecule has 0 saturated heterocycles. The Kier molecular flexibility index (Phi) is 7.50. The van der Waals surface area contributed by atoms with Gasteiger partial charge in [0.2, 0.25) is 0 Å². The lowest BCUT2D eigenvalue weighted by atomic mass is 9.88. The van der Waals surface area contributed by atoms with E-state index in [0.717, 1.165) is 31.4 Å². The zero-order valence-corrected chi connectivity index (χ0v) is 14.6. The van der Waals surface area contributed by atoms with Gasteiger partial charge in [0.1, 0.15) is 0 Å². The Bertz CT molecular complexity index is 598. The minimum Gasteiger partial charge on any atom is -0.469 e. The standard InChI is InChI=1S/C21H27NO2/c1-3-4-15-19(21(23)24-2)20(18-13-9-6-10-14-18)22-16-17-11-7-5-8-12-17/h5-14,19-20,22H,3-4,15-16H2,1-2H3/t19-,20+/m0/s1. The smallest absolute Gasteiger partial charge is 0.310 e. The largest absolute Gasteiger partial charge is 0.469 e. The van der Waals surface area contributed by atoms with Crippen LogP contribution in [0.25, 0.3) is 0 Å². The SMILES string of the molecule is CCCC[C@H](C(=O)OC)[C@H](NCc1ccccc1)c1ccccc1. The third-order valence-corrected chi connectivity index (χ3v) is 4.30. The van der Waals surface area contributed by atoms with Crippen molar-refractivity contribution in [2.24, 2.45) is 5.92 Å². The van der Waals surface area contributed by atoms with Crippen molar-refractivity contribution >= 4 is 5.97 Å². The van der Waals surface area contributed by atoms with Crippen molar-refractivity contribution in [2.75, 3.05) is 7.11 Å². The van der Waals surface area contributed by atoms with Crippen LogP contribution in [0.2, 0.25) is 0 Å². The van der Waals surface area contributed by atoms with Gasteiger partial charge in [-0.05, 0) is 17.5 Å². The molecule has 1 N–H and O–H groups in total. The minimum atomic E-state index is -0.180. The molecule has 0 aliphatic rings. The lowest BCUT2D eigenvalue weighted by molar-refractivity contribution is -0.147. The summed E-state index contributed by atoms with van der Waals surface area (Å²) in [4.78, 5) is 12.4. The van der Waals surface area contributed by atoms with Gasteiger partial charge in [0.15, 0.2) is 0 Å². The van der Waals surface area contributed by atoms with E-state index in [1.165, 1.54) is 12.7 Å². The van der Waals surface area contributed by atoms with Gasteiger partial charge in [0.05, 0.1) is 13.0 Å². The number of unbranched alkanes of at least 4 members (excludes halogenated alkanes) is 1. The van der Waals surface area contributed by atoms with Gasteiger partial charge >= 0.3 is 5.97 Å². The van der Waals surface area contributed by atoms with Crippen LogP contribution in [0, 0.1) is 5.92 Å². The van der Waals surface area contributed by atoms with Gasteiger partial charge in [0.25, 0.3) is 0 Å². The molecule has 3 nitrogen and oxygen atoms in total. The number of benzene rings is 2. The second-order valence-corrected chi connectivity index (χ2v) is 6.03. The Balaban J connectivity index is 2.21. The maximum Gasteiger partial charge on any atom is 0.310 e. The molecule has 0 fully saturated rings. The van der Waals surface area contributed by atoms with Crippen molar-refractivity contribution in [3.63, 3.8) is 0 Å². The van der Waals surface area contributed by atoms with Crippen molar-refractivity contribution in [2.45, 2.75) is 38.8 Å². The fourth-order valence-electron chi connectivity index (χ4n) is 2.97. The molecule has 0 saturated carbocycles. The fraction of sp³-hybridized carbons (Fsp3) is 0.381. The van der Waals surface area contributed by atoms with Crippen molar-refractivity contribution < 1.29 is 9.53 Å². The lowest BCUT2D eigenvalue weighted by Crippen LogP contribution is -2.33. The summed E-state index contributed by atoms with van der Waals surface area (Å²) in [6.07, 6.45) is 2.90. The van der Waals surface area contributed by atoms with E-state index in [4.69, 9.17) is 4.74 Å². The number of rotatable bonds is 9. The number of nitrogens with one attached hydrogen (secondary N) is 1.